The summed E-state index contributed by atoms with van der Waals surface area (Å²) < 4.78 is 5.83. The van der Waals surface area contributed by atoms with Gasteiger partial charge >= 0.3 is 0 Å². The van der Waals surface area contributed by atoms with Gasteiger partial charge in [0.15, 0.2) is 0 Å². The second kappa shape index (κ2) is 7.24. The van der Waals surface area contributed by atoms with Crippen LogP contribution in [0, 0.1) is 0 Å². The van der Waals surface area contributed by atoms with Crippen LogP contribution in [0.1, 0.15) is 10.4 Å². The van der Waals surface area contributed by atoms with E-state index in [4.69, 9.17) is 4.74 Å². The zero-order valence-electron chi connectivity index (χ0n) is 9.89. The van der Waals surface area contributed by atoms with Gasteiger partial charge in [0.2, 0.25) is 0 Å². The maximum Gasteiger partial charge on any atom is 0.271 e. The average Bonchev–Trinajstić information content (AvgIpc) is 2.39. The SMILES string of the molecule is COc1ccc(C(=O)NN=C(SC)SC)cc1. The number of rotatable bonds is 3. The molecule has 0 aliphatic rings. The molecule has 1 aromatic carbocycles. The molecule has 6 heteroatoms. The van der Waals surface area contributed by atoms with Crippen LogP contribution >= 0.6 is 23.5 Å². The molecule has 1 amide bonds. The minimum absolute atomic E-state index is 0.228. The summed E-state index contributed by atoms with van der Waals surface area (Å²) >= 11 is 2.98. The molecular formula is C11H14N2O2S2. The fraction of sp³-hybridized carbons (Fsp3) is 0.273. The molecule has 0 fully saturated rings. The van der Waals surface area contributed by atoms with Crippen molar-refractivity contribution in [3.63, 3.8) is 0 Å². The fourth-order valence-corrected chi connectivity index (χ4v) is 2.02. The predicted octanol–water partition coefficient (Wildman–Crippen LogP) is 2.42. The van der Waals surface area contributed by atoms with Crippen LogP contribution in [0.4, 0.5) is 0 Å². The number of methoxy groups -OCH3 is 1. The molecule has 1 rings (SSSR count). The Morgan fingerprint density at radius 1 is 1.24 bits per heavy atom. The van der Waals surface area contributed by atoms with Crippen molar-refractivity contribution >= 4 is 33.8 Å². The molecule has 0 atom stereocenters. The molecule has 92 valence electrons. The normalized spacial score (nSPS) is 9.59. The van der Waals surface area contributed by atoms with Gasteiger partial charge in [-0.3, -0.25) is 4.79 Å². The number of carbonyl (C=O) groups is 1. The van der Waals surface area contributed by atoms with Crippen LogP contribution < -0.4 is 10.2 Å². The number of ether oxygens (including phenoxy) is 1. The highest BCUT2D eigenvalue weighted by molar-refractivity contribution is 8.38. The summed E-state index contributed by atoms with van der Waals surface area (Å²) in [5.74, 6) is 0.493. The lowest BCUT2D eigenvalue weighted by atomic mass is 10.2. The highest BCUT2D eigenvalue weighted by Gasteiger charge is 2.04. The Balaban J connectivity index is 2.66. The van der Waals surface area contributed by atoms with E-state index in [1.54, 1.807) is 31.4 Å². The van der Waals surface area contributed by atoms with E-state index < -0.39 is 0 Å². The monoisotopic (exact) mass is 270 g/mol. The smallest absolute Gasteiger partial charge is 0.271 e. The Labute approximate surface area is 109 Å². The van der Waals surface area contributed by atoms with E-state index in [1.807, 2.05) is 12.5 Å². The molecule has 0 radical (unpaired) electrons. The van der Waals surface area contributed by atoms with E-state index in [1.165, 1.54) is 23.5 Å². The van der Waals surface area contributed by atoms with Gasteiger partial charge < -0.3 is 4.74 Å². The summed E-state index contributed by atoms with van der Waals surface area (Å²) in [6, 6.07) is 6.87. The van der Waals surface area contributed by atoms with Crippen molar-refractivity contribution < 1.29 is 9.53 Å². The number of hydrogen-bond acceptors (Lipinski definition) is 5. The molecule has 0 unspecified atom stereocenters. The Morgan fingerprint density at radius 2 is 1.82 bits per heavy atom. The van der Waals surface area contributed by atoms with Crippen molar-refractivity contribution in [2.75, 3.05) is 19.6 Å². The van der Waals surface area contributed by atoms with Gasteiger partial charge in [-0.15, -0.1) is 23.5 Å². The summed E-state index contributed by atoms with van der Waals surface area (Å²) in [4.78, 5) is 11.7. The number of benzene rings is 1. The van der Waals surface area contributed by atoms with Crippen molar-refractivity contribution in [3.8, 4) is 5.75 Å². The van der Waals surface area contributed by atoms with Crippen LogP contribution in [0.2, 0.25) is 0 Å². The first-order valence-electron chi connectivity index (χ1n) is 4.81. The summed E-state index contributed by atoms with van der Waals surface area (Å²) in [5.41, 5.74) is 3.06. The molecule has 17 heavy (non-hydrogen) atoms. The Bertz CT molecular complexity index is 398. The summed E-state index contributed by atoms with van der Waals surface area (Å²) in [6.07, 6.45) is 3.82. The van der Waals surface area contributed by atoms with Crippen molar-refractivity contribution in [2.24, 2.45) is 5.10 Å². The fourth-order valence-electron chi connectivity index (χ4n) is 1.08. The minimum atomic E-state index is -0.228. The maximum atomic E-state index is 11.7. The van der Waals surface area contributed by atoms with Gasteiger partial charge in [0.1, 0.15) is 10.1 Å². The van der Waals surface area contributed by atoms with Crippen LogP contribution in [0.15, 0.2) is 29.4 Å². The summed E-state index contributed by atoms with van der Waals surface area (Å²) in [5, 5.41) is 3.99. The summed E-state index contributed by atoms with van der Waals surface area (Å²) in [7, 11) is 1.59. The maximum absolute atomic E-state index is 11.7. The molecule has 0 saturated carbocycles. The van der Waals surface area contributed by atoms with E-state index in [0.717, 1.165) is 10.1 Å². The highest BCUT2D eigenvalue weighted by atomic mass is 32.2. The van der Waals surface area contributed by atoms with Crippen LogP contribution in [0.5, 0.6) is 5.75 Å². The molecule has 0 aromatic heterocycles. The zero-order chi connectivity index (χ0) is 12.7. The topological polar surface area (TPSA) is 50.7 Å². The van der Waals surface area contributed by atoms with Crippen molar-refractivity contribution in [2.45, 2.75) is 0 Å². The number of nitrogens with one attached hydrogen (secondary N) is 1. The second-order valence-corrected chi connectivity index (χ2v) is 4.80. The van der Waals surface area contributed by atoms with E-state index in [0.29, 0.717) is 5.56 Å². The number of hydrogen-bond donors (Lipinski definition) is 1. The van der Waals surface area contributed by atoms with Crippen LogP contribution in [0.25, 0.3) is 0 Å². The minimum Gasteiger partial charge on any atom is -0.497 e. The molecule has 4 nitrogen and oxygen atoms in total. The standard InChI is InChI=1S/C11H14N2O2S2/c1-15-9-6-4-8(5-7-9)10(14)12-13-11(16-2)17-3/h4-7H,1-3H3,(H,12,14). The number of carbonyl (C=O) groups excluding carboxylic acids is 1. The van der Waals surface area contributed by atoms with Gasteiger partial charge in [-0.25, -0.2) is 5.43 Å². The number of nitrogens with zero attached hydrogens (tertiary/aromatic N) is 1. The highest BCUT2D eigenvalue weighted by Crippen LogP contribution is 2.12. The van der Waals surface area contributed by atoms with Gasteiger partial charge in [0.25, 0.3) is 5.91 Å². The average molecular weight is 270 g/mol. The first-order valence-corrected chi connectivity index (χ1v) is 7.26. The molecule has 0 aliphatic heterocycles. The Hall–Kier alpha value is -1.14. The lowest BCUT2D eigenvalue weighted by molar-refractivity contribution is 0.0955. The van der Waals surface area contributed by atoms with Gasteiger partial charge in [0.05, 0.1) is 7.11 Å². The van der Waals surface area contributed by atoms with Gasteiger partial charge in [-0.2, -0.15) is 5.10 Å². The third kappa shape index (κ3) is 4.32. The molecule has 1 N–H and O–H groups in total. The van der Waals surface area contributed by atoms with Crippen LogP contribution in [-0.2, 0) is 0 Å². The van der Waals surface area contributed by atoms with Crippen molar-refractivity contribution in [1.82, 2.24) is 5.43 Å². The van der Waals surface area contributed by atoms with Crippen LogP contribution in [-0.4, -0.2) is 29.9 Å². The van der Waals surface area contributed by atoms with Gasteiger partial charge in [-0.1, -0.05) is 0 Å². The molecule has 0 saturated heterocycles. The molecule has 0 heterocycles. The molecule has 0 spiro atoms. The lowest BCUT2D eigenvalue weighted by Gasteiger charge is -2.03. The molecule has 0 aliphatic carbocycles. The quantitative estimate of drug-likeness (QED) is 0.520. The van der Waals surface area contributed by atoms with Gasteiger partial charge in [0, 0.05) is 5.56 Å². The van der Waals surface area contributed by atoms with Gasteiger partial charge in [-0.05, 0) is 36.8 Å². The molecule has 0 bridgehead atoms. The lowest BCUT2D eigenvalue weighted by Crippen LogP contribution is -2.18. The third-order valence-corrected chi connectivity index (χ3v) is 3.83. The first-order chi connectivity index (χ1) is 8.21. The third-order valence-electron chi connectivity index (χ3n) is 1.95. The number of thioether (sulfide) groups is 2. The number of hydrazone groups is 1. The Morgan fingerprint density at radius 3 is 2.29 bits per heavy atom. The molecular weight excluding hydrogens is 256 g/mol. The molecule has 1 aromatic rings. The van der Waals surface area contributed by atoms with E-state index in [9.17, 15) is 4.79 Å². The van der Waals surface area contributed by atoms with Crippen molar-refractivity contribution in [3.05, 3.63) is 29.8 Å². The Kier molecular flexibility index (Phi) is 5.93. The van der Waals surface area contributed by atoms with E-state index >= 15 is 0 Å². The first kappa shape index (κ1) is 13.9. The predicted molar refractivity (Wildman–Crippen MR) is 74.9 cm³/mol. The largest absolute Gasteiger partial charge is 0.497 e. The summed E-state index contributed by atoms with van der Waals surface area (Å²) in [6.45, 7) is 0. The van der Waals surface area contributed by atoms with Crippen molar-refractivity contribution in [1.29, 1.82) is 0 Å². The zero-order valence-corrected chi connectivity index (χ0v) is 11.5. The van der Waals surface area contributed by atoms with Crippen LogP contribution in [0.3, 0.4) is 0 Å². The second-order valence-electron chi connectivity index (χ2n) is 2.96. The van der Waals surface area contributed by atoms with E-state index in [-0.39, 0.29) is 5.91 Å². The van der Waals surface area contributed by atoms with E-state index in [2.05, 4.69) is 10.5 Å². The number of amides is 1.